The molecule has 26 heavy (non-hydrogen) atoms. The first-order chi connectivity index (χ1) is 12.8. The Morgan fingerprint density at radius 2 is 1.81 bits per heavy atom. The summed E-state index contributed by atoms with van der Waals surface area (Å²) in [7, 11) is 1.71. The highest BCUT2D eigenvalue weighted by atomic mass is 32.1. The van der Waals surface area contributed by atoms with Crippen LogP contribution in [0.4, 0.5) is 5.95 Å². The van der Waals surface area contributed by atoms with Crippen LogP contribution in [0.2, 0.25) is 0 Å². The smallest absolute Gasteiger partial charge is 0.225 e. The fourth-order valence-corrected chi connectivity index (χ4v) is 3.17. The van der Waals surface area contributed by atoms with E-state index < -0.39 is 0 Å². The Balaban J connectivity index is 1.74. The molecule has 0 fully saturated rings. The molecule has 1 radical (unpaired) electrons. The Morgan fingerprint density at radius 1 is 1.08 bits per heavy atom. The molecule has 6 heteroatoms. The molecule has 0 saturated heterocycles. The second kappa shape index (κ2) is 9.40. The molecule has 3 aromatic rings. The van der Waals surface area contributed by atoms with E-state index in [4.69, 9.17) is 4.74 Å². The van der Waals surface area contributed by atoms with E-state index in [1.54, 1.807) is 7.11 Å². The zero-order valence-corrected chi connectivity index (χ0v) is 16.0. The lowest BCUT2D eigenvalue weighted by molar-refractivity contribution is 0.185. The summed E-state index contributed by atoms with van der Waals surface area (Å²) in [4.78, 5) is 15.6. The van der Waals surface area contributed by atoms with Crippen LogP contribution in [-0.2, 0) is 30.7 Å². The summed E-state index contributed by atoms with van der Waals surface area (Å²) in [5, 5.41) is 2.04. The molecule has 0 aliphatic carbocycles. The average molecular weight is 367 g/mol. The van der Waals surface area contributed by atoms with Crippen molar-refractivity contribution in [3.8, 4) is 0 Å². The van der Waals surface area contributed by atoms with Crippen LogP contribution in [0.25, 0.3) is 0 Å². The number of ether oxygens (including phenoxy) is 1. The lowest BCUT2D eigenvalue weighted by atomic mass is 10.1. The number of aromatic nitrogens is 3. The molecule has 2 heterocycles. The van der Waals surface area contributed by atoms with Gasteiger partial charge in [-0.3, -0.25) is 0 Å². The second-order valence-electron chi connectivity index (χ2n) is 6.10. The number of rotatable bonds is 9. The lowest BCUT2D eigenvalue weighted by Crippen LogP contribution is -2.27. The lowest BCUT2D eigenvalue weighted by Gasteiger charge is -2.22. The number of hydrogen-bond donors (Lipinski definition) is 0. The fourth-order valence-electron chi connectivity index (χ4n) is 2.64. The van der Waals surface area contributed by atoms with E-state index in [1.807, 2.05) is 17.8 Å². The molecule has 0 spiro atoms. The quantitative estimate of drug-likeness (QED) is 0.577. The van der Waals surface area contributed by atoms with Gasteiger partial charge >= 0.3 is 0 Å². The van der Waals surface area contributed by atoms with Gasteiger partial charge in [0, 0.05) is 44.4 Å². The summed E-state index contributed by atoms with van der Waals surface area (Å²) in [5.74, 6) is 0.752. The number of thiazole rings is 1. The topological polar surface area (TPSA) is 51.1 Å². The molecule has 135 valence electrons. The van der Waals surface area contributed by atoms with E-state index in [1.165, 1.54) is 22.5 Å². The molecule has 3 rings (SSSR count). The van der Waals surface area contributed by atoms with E-state index in [-0.39, 0.29) is 0 Å². The molecule has 0 saturated carbocycles. The van der Waals surface area contributed by atoms with Crippen LogP contribution in [0.3, 0.4) is 0 Å². The third-order valence-corrected chi connectivity index (χ3v) is 4.75. The van der Waals surface area contributed by atoms with Gasteiger partial charge in [-0.1, -0.05) is 31.2 Å². The highest BCUT2D eigenvalue weighted by molar-refractivity contribution is 7.07. The largest absolute Gasteiger partial charge is 0.380 e. The van der Waals surface area contributed by atoms with Gasteiger partial charge in [-0.25, -0.2) is 15.0 Å². The molecule has 1 aromatic carbocycles. The summed E-state index contributed by atoms with van der Waals surface area (Å²) >= 11 is 1.50. The van der Waals surface area contributed by atoms with E-state index in [9.17, 15) is 0 Å². The molecule has 0 aliphatic heterocycles. The summed E-state index contributed by atoms with van der Waals surface area (Å²) in [6, 6.07) is 8.48. The highest BCUT2D eigenvalue weighted by Crippen LogP contribution is 2.15. The standard InChI is InChI=1S/C20H23N4OS/c1-3-16-10-21-20(22-11-16)24(9-8-19-14-26-15-23-19)12-17-4-6-18(7-5-17)13-25-2/h4-7,10-11,14H,3,8-9,12-13H2,1-2H3. The number of nitrogens with zero attached hydrogens (tertiary/aromatic N) is 4. The van der Waals surface area contributed by atoms with Gasteiger partial charge in [0.15, 0.2) is 5.51 Å². The average Bonchev–Trinajstić information content (AvgIpc) is 3.20. The fraction of sp³-hybridized carbons (Fsp3) is 0.350. The third kappa shape index (κ3) is 5.09. The summed E-state index contributed by atoms with van der Waals surface area (Å²) in [6.45, 7) is 4.30. The zero-order chi connectivity index (χ0) is 18.2. The Kier molecular flexibility index (Phi) is 6.68. The SMILES string of the molecule is CCc1cnc(N(CCc2cs[c]n2)Cc2ccc(COC)cc2)nc1. The molecule has 0 unspecified atom stereocenters. The van der Waals surface area contributed by atoms with Crippen molar-refractivity contribution >= 4 is 17.3 Å². The molecule has 5 nitrogen and oxygen atoms in total. The van der Waals surface area contributed by atoms with Crippen molar-refractivity contribution in [3.05, 3.63) is 69.9 Å². The molecule has 0 amide bonds. The number of methoxy groups -OCH3 is 1. The van der Waals surface area contributed by atoms with Gasteiger partial charge in [-0.15, -0.1) is 11.3 Å². The number of aryl methyl sites for hydroxylation is 1. The van der Waals surface area contributed by atoms with Crippen molar-refractivity contribution in [3.63, 3.8) is 0 Å². The monoisotopic (exact) mass is 367 g/mol. The van der Waals surface area contributed by atoms with Crippen LogP contribution in [0.1, 0.15) is 29.3 Å². The minimum atomic E-state index is 0.631. The molecule has 0 bridgehead atoms. The highest BCUT2D eigenvalue weighted by Gasteiger charge is 2.12. The minimum Gasteiger partial charge on any atom is -0.380 e. The molecular weight excluding hydrogens is 344 g/mol. The maximum atomic E-state index is 5.18. The van der Waals surface area contributed by atoms with Crippen LogP contribution in [-0.4, -0.2) is 28.6 Å². The van der Waals surface area contributed by atoms with E-state index in [0.29, 0.717) is 6.61 Å². The summed E-state index contributed by atoms with van der Waals surface area (Å²) < 4.78 is 5.18. The van der Waals surface area contributed by atoms with Gasteiger partial charge in [0.05, 0.1) is 12.3 Å². The Bertz CT molecular complexity index is 773. The normalized spacial score (nSPS) is 10.8. The summed E-state index contributed by atoms with van der Waals surface area (Å²) in [6.07, 6.45) is 5.61. The zero-order valence-electron chi connectivity index (χ0n) is 15.2. The van der Waals surface area contributed by atoms with Crippen LogP contribution in [0.15, 0.2) is 42.0 Å². The van der Waals surface area contributed by atoms with Gasteiger partial charge in [-0.2, -0.15) is 0 Å². The van der Waals surface area contributed by atoms with Crippen molar-refractivity contribution < 1.29 is 4.74 Å². The molecule has 0 atom stereocenters. The van der Waals surface area contributed by atoms with Gasteiger partial charge in [0.2, 0.25) is 5.95 Å². The Morgan fingerprint density at radius 3 is 2.42 bits per heavy atom. The molecule has 0 aliphatic rings. The molecule has 2 aromatic heterocycles. The van der Waals surface area contributed by atoms with Gasteiger partial charge in [0.1, 0.15) is 0 Å². The first-order valence-electron chi connectivity index (χ1n) is 8.71. The number of hydrogen-bond acceptors (Lipinski definition) is 6. The number of benzene rings is 1. The predicted molar refractivity (Wildman–Crippen MR) is 104 cm³/mol. The number of anilines is 1. The van der Waals surface area contributed by atoms with Crippen molar-refractivity contribution in [2.45, 2.75) is 32.9 Å². The molecular formula is C20H23N4OS. The van der Waals surface area contributed by atoms with Crippen molar-refractivity contribution in [2.24, 2.45) is 0 Å². The van der Waals surface area contributed by atoms with Gasteiger partial charge in [-0.05, 0) is 23.1 Å². The Hall–Kier alpha value is -2.31. The first-order valence-corrected chi connectivity index (χ1v) is 9.59. The van der Waals surface area contributed by atoms with Gasteiger partial charge in [0.25, 0.3) is 0 Å². The summed E-state index contributed by atoms with van der Waals surface area (Å²) in [5.41, 5.74) is 7.50. The van der Waals surface area contributed by atoms with E-state index >= 15 is 0 Å². The maximum absolute atomic E-state index is 5.18. The van der Waals surface area contributed by atoms with Crippen LogP contribution < -0.4 is 4.90 Å². The second-order valence-corrected chi connectivity index (χ2v) is 6.75. The third-order valence-electron chi connectivity index (χ3n) is 4.16. The van der Waals surface area contributed by atoms with E-state index in [2.05, 4.69) is 56.6 Å². The van der Waals surface area contributed by atoms with Crippen molar-refractivity contribution in [2.75, 3.05) is 18.6 Å². The first kappa shape index (κ1) is 18.5. The molecule has 0 N–H and O–H groups in total. The van der Waals surface area contributed by atoms with Crippen LogP contribution in [0, 0.1) is 5.51 Å². The Labute approximate surface area is 158 Å². The van der Waals surface area contributed by atoms with Crippen molar-refractivity contribution in [1.82, 2.24) is 15.0 Å². The van der Waals surface area contributed by atoms with Crippen LogP contribution >= 0.6 is 11.3 Å². The van der Waals surface area contributed by atoms with Crippen molar-refractivity contribution in [1.29, 1.82) is 0 Å². The maximum Gasteiger partial charge on any atom is 0.225 e. The van der Waals surface area contributed by atoms with Gasteiger partial charge < -0.3 is 9.64 Å². The minimum absolute atomic E-state index is 0.631. The predicted octanol–water partition coefficient (Wildman–Crippen LogP) is 3.69. The van der Waals surface area contributed by atoms with E-state index in [0.717, 1.165) is 43.1 Å². The van der Waals surface area contributed by atoms with Crippen LogP contribution in [0.5, 0.6) is 0 Å².